The van der Waals surface area contributed by atoms with Crippen LogP contribution in [0.1, 0.15) is 51.9 Å². The molecule has 0 saturated carbocycles. The summed E-state index contributed by atoms with van der Waals surface area (Å²) in [5, 5.41) is 1.12. The molecule has 1 aliphatic rings. The molecule has 1 nitrogen and oxygen atoms in total. The van der Waals surface area contributed by atoms with Crippen molar-refractivity contribution in [2.24, 2.45) is 5.41 Å². The monoisotopic (exact) mass is 262 g/mol. The topological polar surface area (TPSA) is 9.23 Å². The third-order valence-corrected chi connectivity index (χ3v) is 4.47. The molecule has 1 saturated heterocycles. The summed E-state index contributed by atoms with van der Waals surface area (Å²) < 4.78 is 5.50. The van der Waals surface area contributed by atoms with E-state index in [0.29, 0.717) is 5.41 Å². The second-order valence-electron chi connectivity index (χ2n) is 4.60. The molecule has 1 aliphatic heterocycles. The Morgan fingerprint density at radius 3 is 2.57 bits per heavy atom. The molecule has 1 unspecified atom stereocenters. The van der Waals surface area contributed by atoms with Gasteiger partial charge in [0.1, 0.15) is 0 Å². The van der Waals surface area contributed by atoms with Crippen LogP contribution in [-0.2, 0) is 4.74 Å². The molecule has 84 valence electrons. The van der Waals surface area contributed by atoms with Crippen LogP contribution in [-0.4, -0.2) is 18.5 Å². The van der Waals surface area contributed by atoms with E-state index in [4.69, 9.17) is 4.74 Å². The molecule has 0 aromatic rings. The van der Waals surface area contributed by atoms with E-state index in [1.54, 1.807) is 0 Å². The highest BCUT2D eigenvalue weighted by molar-refractivity contribution is 9.09. The first-order valence-corrected chi connectivity index (χ1v) is 7.09. The van der Waals surface area contributed by atoms with Gasteiger partial charge >= 0.3 is 0 Å². The maximum atomic E-state index is 5.50. The lowest BCUT2D eigenvalue weighted by atomic mass is 9.84. The molecule has 0 aliphatic carbocycles. The number of unbranched alkanes of at least 4 members (excludes halogenated alkanes) is 4. The predicted octanol–water partition coefficient (Wildman–Crippen LogP) is 4.15. The Balaban J connectivity index is 2.08. The molecule has 1 fully saturated rings. The molecule has 2 heteroatoms. The Kier molecular flexibility index (Phi) is 6.11. The summed E-state index contributed by atoms with van der Waals surface area (Å²) in [6.07, 6.45) is 9.55. The van der Waals surface area contributed by atoms with Gasteiger partial charge in [0.15, 0.2) is 0 Å². The van der Waals surface area contributed by atoms with Crippen molar-refractivity contribution in [1.29, 1.82) is 0 Å². The van der Waals surface area contributed by atoms with E-state index in [2.05, 4.69) is 22.9 Å². The summed E-state index contributed by atoms with van der Waals surface area (Å²) in [7, 11) is 0. The van der Waals surface area contributed by atoms with Crippen molar-refractivity contribution in [1.82, 2.24) is 0 Å². The van der Waals surface area contributed by atoms with Gasteiger partial charge in [-0.15, -0.1) is 0 Å². The summed E-state index contributed by atoms with van der Waals surface area (Å²) in [5.41, 5.74) is 0.478. The molecule has 0 amide bonds. The van der Waals surface area contributed by atoms with Crippen LogP contribution in [0.4, 0.5) is 0 Å². The van der Waals surface area contributed by atoms with Crippen molar-refractivity contribution in [3.63, 3.8) is 0 Å². The number of alkyl halides is 1. The highest BCUT2D eigenvalue weighted by Crippen LogP contribution is 2.36. The Morgan fingerprint density at radius 1 is 1.21 bits per heavy atom. The average Bonchev–Trinajstić information content (AvgIpc) is 2.67. The van der Waals surface area contributed by atoms with Crippen LogP contribution in [0.5, 0.6) is 0 Å². The first kappa shape index (κ1) is 12.5. The van der Waals surface area contributed by atoms with Gasteiger partial charge in [-0.3, -0.25) is 0 Å². The van der Waals surface area contributed by atoms with Crippen LogP contribution < -0.4 is 0 Å². The van der Waals surface area contributed by atoms with E-state index in [1.807, 2.05) is 0 Å². The number of rotatable bonds is 7. The summed E-state index contributed by atoms with van der Waals surface area (Å²) in [5.74, 6) is 0. The van der Waals surface area contributed by atoms with Crippen LogP contribution >= 0.6 is 15.9 Å². The second kappa shape index (κ2) is 6.84. The first-order valence-electron chi connectivity index (χ1n) is 5.97. The summed E-state index contributed by atoms with van der Waals surface area (Å²) >= 11 is 3.64. The van der Waals surface area contributed by atoms with Crippen molar-refractivity contribution in [2.45, 2.75) is 51.9 Å². The van der Waals surface area contributed by atoms with Crippen molar-refractivity contribution in [3.05, 3.63) is 0 Å². The predicted molar refractivity (Wildman–Crippen MR) is 65.0 cm³/mol. The fourth-order valence-electron chi connectivity index (χ4n) is 2.12. The van der Waals surface area contributed by atoms with E-state index in [0.717, 1.165) is 18.5 Å². The van der Waals surface area contributed by atoms with Crippen molar-refractivity contribution in [2.75, 3.05) is 18.5 Å². The lowest BCUT2D eigenvalue weighted by molar-refractivity contribution is 0.156. The Morgan fingerprint density at radius 2 is 2.00 bits per heavy atom. The summed E-state index contributed by atoms with van der Waals surface area (Å²) in [4.78, 5) is 0. The van der Waals surface area contributed by atoms with Gasteiger partial charge in [-0.1, -0.05) is 55.0 Å². The highest BCUT2D eigenvalue weighted by Gasteiger charge is 2.32. The first-order chi connectivity index (χ1) is 6.83. The Hall–Kier alpha value is 0.440. The normalized spacial score (nSPS) is 27.0. The van der Waals surface area contributed by atoms with E-state index in [1.165, 1.54) is 44.9 Å². The highest BCUT2D eigenvalue weighted by atomic mass is 79.9. The minimum atomic E-state index is 0.478. The average molecular weight is 263 g/mol. The molecule has 1 atom stereocenters. The lowest BCUT2D eigenvalue weighted by Crippen LogP contribution is -2.22. The molecular weight excluding hydrogens is 240 g/mol. The number of ether oxygens (including phenoxy) is 1. The number of hydrogen-bond donors (Lipinski definition) is 0. The van der Waals surface area contributed by atoms with Gasteiger partial charge in [-0.05, 0) is 12.8 Å². The van der Waals surface area contributed by atoms with Crippen LogP contribution in [0.25, 0.3) is 0 Å². The van der Waals surface area contributed by atoms with E-state index < -0.39 is 0 Å². The zero-order valence-electron chi connectivity index (χ0n) is 9.36. The second-order valence-corrected chi connectivity index (χ2v) is 5.16. The van der Waals surface area contributed by atoms with E-state index in [-0.39, 0.29) is 0 Å². The fraction of sp³-hybridized carbons (Fsp3) is 1.00. The van der Waals surface area contributed by atoms with Gasteiger partial charge in [0.05, 0.1) is 6.61 Å². The van der Waals surface area contributed by atoms with E-state index in [9.17, 15) is 0 Å². The molecular formula is C12H23BrO. The number of hydrogen-bond acceptors (Lipinski definition) is 1. The zero-order valence-corrected chi connectivity index (χ0v) is 10.9. The number of halogens is 1. The van der Waals surface area contributed by atoms with Crippen molar-refractivity contribution >= 4 is 15.9 Å². The molecule has 0 bridgehead atoms. The largest absolute Gasteiger partial charge is 0.381 e. The SMILES string of the molecule is CCCCCCCC1(CBr)CCOC1. The molecule has 1 rings (SSSR count). The summed E-state index contributed by atoms with van der Waals surface area (Å²) in [6.45, 7) is 4.22. The Bertz CT molecular complexity index is 141. The standard InChI is InChI=1S/C12H23BrO/c1-2-3-4-5-6-7-12(10-13)8-9-14-11-12/h2-11H2,1H3. The molecule has 0 aromatic carbocycles. The maximum absolute atomic E-state index is 5.50. The molecule has 1 heterocycles. The quantitative estimate of drug-likeness (QED) is 0.495. The fourth-order valence-corrected chi connectivity index (χ4v) is 2.85. The minimum absolute atomic E-state index is 0.478. The zero-order chi connectivity index (χ0) is 10.3. The summed E-state index contributed by atoms with van der Waals surface area (Å²) in [6, 6.07) is 0. The van der Waals surface area contributed by atoms with E-state index >= 15 is 0 Å². The van der Waals surface area contributed by atoms with Crippen LogP contribution in [0.15, 0.2) is 0 Å². The molecule has 0 radical (unpaired) electrons. The van der Waals surface area contributed by atoms with Gasteiger partial charge in [-0.25, -0.2) is 0 Å². The molecule has 0 N–H and O–H groups in total. The molecule has 0 spiro atoms. The third-order valence-electron chi connectivity index (χ3n) is 3.28. The van der Waals surface area contributed by atoms with Gasteiger partial charge in [0.2, 0.25) is 0 Å². The molecule has 14 heavy (non-hydrogen) atoms. The lowest BCUT2D eigenvalue weighted by Gasteiger charge is -2.24. The maximum Gasteiger partial charge on any atom is 0.0531 e. The Labute approximate surface area is 96.7 Å². The third kappa shape index (κ3) is 3.90. The van der Waals surface area contributed by atoms with Crippen LogP contribution in [0.2, 0.25) is 0 Å². The van der Waals surface area contributed by atoms with Gasteiger partial charge in [0, 0.05) is 17.4 Å². The van der Waals surface area contributed by atoms with Crippen molar-refractivity contribution in [3.8, 4) is 0 Å². The van der Waals surface area contributed by atoms with Gasteiger partial charge < -0.3 is 4.74 Å². The smallest absolute Gasteiger partial charge is 0.0531 e. The van der Waals surface area contributed by atoms with Gasteiger partial charge in [0.25, 0.3) is 0 Å². The van der Waals surface area contributed by atoms with Gasteiger partial charge in [-0.2, -0.15) is 0 Å². The minimum Gasteiger partial charge on any atom is -0.381 e. The van der Waals surface area contributed by atoms with Crippen LogP contribution in [0, 0.1) is 5.41 Å². The van der Waals surface area contributed by atoms with Crippen molar-refractivity contribution < 1.29 is 4.74 Å². The molecule has 0 aromatic heterocycles. The van der Waals surface area contributed by atoms with Crippen LogP contribution in [0.3, 0.4) is 0 Å².